The Morgan fingerprint density at radius 1 is 0.886 bits per heavy atom. The van der Waals surface area contributed by atoms with E-state index in [2.05, 4.69) is 4.72 Å². The van der Waals surface area contributed by atoms with E-state index in [1.165, 1.54) is 12.1 Å². The normalized spacial score (nSPS) is 13.2. The van der Waals surface area contributed by atoms with Crippen molar-refractivity contribution in [3.8, 4) is 16.9 Å². The SMILES string of the molecule is Cc1ccc(N2C(=O)COc3ccc(-c4cccc(NS(=O)(=O)c5ccc(F)cc5)c4)cc32)cc1. The first-order chi connectivity index (χ1) is 16.8. The van der Waals surface area contributed by atoms with Crippen LogP contribution in [0, 0.1) is 12.7 Å². The van der Waals surface area contributed by atoms with Gasteiger partial charge in [-0.3, -0.25) is 14.4 Å². The summed E-state index contributed by atoms with van der Waals surface area (Å²) >= 11 is 0. The predicted octanol–water partition coefficient (Wildman–Crippen LogP) is 5.66. The zero-order valence-electron chi connectivity index (χ0n) is 18.7. The molecule has 1 aliphatic heterocycles. The van der Waals surface area contributed by atoms with Gasteiger partial charge in [-0.15, -0.1) is 0 Å². The molecule has 176 valence electrons. The molecule has 0 fully saturated rings. The molecule has 0 saturated heterocycles. The number of hydrogen-bond donors (Lipinski definition) is 1. The molecule has 0 bridgehead atoms. The number of carbonyl (C=O) groups excluding carboxylic acids is 1. The van der Waals surface area contributed by atoms with Crippen molar-refractivity contribution in [3.63, 3.8) is 0 Å². The summed E-state index contributed by atoms with van der Waals surface area (Å²) in [5.41, 5.74) is 4.31. The van der Waals surface area contributed by atoms with Gasteiger partial charge < -0.3 is 4.74 Å². The van der Waals surface area contributed by atoms with Crippen LogP contribution in [-0.4, -0.2) is 20.9 Å². The second-order valence-corrected chi connectivity index (χ2v) is 9.86. The summed E-state index contributed by atoms with van der Waals surface area (Å²) in [6, 6.07) is 24.7. The maximum absolute atomic E-state index is 13.2. The van der Waals surface area contributed by atoms with Crippen molar-refractivity contribution in [2.75, 3.05) is 16.2 Å². The maximum Gasteiger partial charge on any atom is 0.269 e. The first-order valence-corrected chi connectivity index (χ1v) is 12.3. The number of sulfonamides is 1. The van der Waals surface area contributed by atoms with Gasteiger partial charge in [0.05, 0.1) is 10.6 Å². The van der Waals surface area contributed by atoms with Crippen molar-refractivity contribution in [3.05, 3.63) is 102 Å². The first kappa shape index (κ1) is 22.6. The van der Waals surface area contributed by atoms with Crippen molar-refractivity contribution in [1.82, 2.24) is 0 Å². The van der Waals surface area contributed by atoms with E-state index in [-0.39, 0.29) is 17.4 Å². The number of fused-ring (bicyclic) bond motifs is 1. The second kappa shape index (κ2) is 8.88. The summed E-state index contributed by atoms with van der Waals surface area (Å²) in [4.78, 5) is 14.3. The van der Waals surface area contributed by atoms with E-state index in [0.717, 1.165) is 34.5 Å². The van der Waals surface area contributed by atoms with Crippen molar-refractivity contribution in [2.45, 2.75) is 11.8 Å². The number of hydrogen-bond acceptors (Lipinski definition) is 4. The third-order valence-electron chi connectivity index (χ3n) is 5.66. The van der Waals surface area contributed by atoms with Gasteiger partial charge in [0.2, 0.25) is 0 Å². The standard InChI is InChI=1S/C27H21FN2O4S/c1-18-5-10-23(11-6-18)30-25-16-20(7-14-26(25)34-17-27(30)31)19-3-2-4-22(15-19)29-35(32,33)24-12-8-21(28)9-13-24/h2-16,29H,17H2,1H3. The number of benzene rings is 4. The molecular formula is C27H21FN2O4S. The highest BCUT2D eigenvalue weighted by atomic mass is 32.2. The summed E-state index contributed by atoms with van der Waals surface area (Å²) in [6.07, 6.45) is 0. The van der Waals surface area contributed by atoms with Gasteiger partial charge in [-0.25, -0.2) is 12.8 Å². The van der Waals surface area contributed by atoms with E-state index in [9.17, 15) is 17.6 Å². The van der Waals surface area contributed by atoms with E-state index in [0.29, 0.717) is 17.1 Å². The van der Waals surface area contributed by atoms with E-state index >= 15 is 0 Å². The molecule has 0 unspecified atom stereocenters. The largest absolute Gasteiger partial charge is 0.482 e. The number of nitrogens with one attached hydrogen (secondary N) is 1. The maximum atomic E-state index is 13.2. The number of ether oxygens (including phenoxy) is 1. The average Bonchev–Trinajstić information content (AvgIpc) is 2.84. The van der Waals surface area contributed by atoms with E-state index in [1.807, 2.05) is 49.4 Å². The fourth-order valence-corrected chi connectivity index (χ4v) is 4.95. The molecule has 4 aromatic rings. The molecule has 5 rings (SSSR count). The number of aryl methyl sites for hydroxylation is 1. The van der Waals surface area contributed by atoms with Crippen LogP contribution in [0.2, 0.25) is 0 Å². The molecule has 6 nitrogen and oxygen atoms in total. The summed E-state index contributed by atoms with van der Waals surface area (Å²) < 4.78 is 46.8. The molecule has 1 heterocycles. The van der Waals surface area contributed by atoms with Crippen LogP contribution in [0.25, 0.3) is 11.1 Å². The lowest BCUT2D eigenvalue weighted by molar-refractivity contribution is -0.120. The third kappa shape index (κ3) is 4.61. The van der Waals surface area contributed by atoms with Gasteiger partial charge in [0.1, 0.15) is 11.6 Å². The van der Waals surface area contributed by atoms with Crippen LogP contribution in [0.3, 0.4) is 0 Å². The molecule has 0 radical (unpaired) electrons. The minimum absolute atomic E-state index is 0.0394. The van der Waals surface area contributed by atoms with E-state index < -0.39 is 15.8 Å². The average molecular weight is 489 g/mol. The second-order valence-electron chi connectivity index (χ2n) is 8.18. The Kier molecular flexibility index (Phi) is 5.74. The Labute approximate surface area is 202 Å². The summed E-state index contributed by atoms with van der Waals surface area (Å²) in [5, 5.41) is 0. The van der Waals surface area contributed by atoms with Gasteiger partial charge in [0.15, 0.2) is 6.61 Å². The highest BCUT2D eigenvalue weighted by molar-refractivity contribution is 7.92. The predicted molar refractivity (Wildman–Crippen MR) is 133 cm³/mol. The molecule has 0 aromatic heterocycles. The van der Waals surface area contributed by atoms with Gasteiger partial charge in [-0.05, 0) is 78.7 Å². The molecule has 1 N–H and O–H groups in total. The van der Waals surface area contributed by atoms with Crippen LogP contribution in [0.5, 0.6) is 5.75 Å². The summed E-state index contributed by atoms with van der Waals surface area (Å²) in [5.74, 6) is -0.109. The van der Waals surface area contributed by atoms with E-state index in [4.69, 9.17) is 4.74 Å². The van der Waals surface area contributed by atoms with Crippen LogP contribution in [0.4, 0.5) is 21.5 Å². The Balaban J connectivity index is 1.49. The number of anilines is 3. The summed E-state index contributed by atoms with van der Waals surface area (Å²) in [7, 11) is -3.89. The van der Waals surface area contributed by atoms with E-state index in [1.54, 1.807) is 29.2 Å². The van der Waals surface area contributed by atoms with Crippen LogP contribution >= 0.6 is 0 Å². The zero-order valence-corrected chi connectivity index (χ0v) is 19.6. The van der Waals surface area contributed by atoms with Crippen molar-refractivity contribution in [2.24, 2.45) is 0 Å². The van der Waals surface area contributed by atoms with Gasteiger partial charge in [-0.1, -0.05) is 35.9 Å². The van der Waals surface area contributed by atoms with Crippen LogP contribution in [-0.2, 0) is 14.8 Å². The summed E-state index contributed by atoms with van der Waals surface area (Å²) in [6.45, 7) is 1.93. The van der Waals surface area contributed by atoms with Crippen LogP contribution < -0.4 is 14.4 Å². The number of rotatable bonds is 5. The number of nitrogens with zero attached hydrogens (tertiary/aromatic N) is 1. The molecule has 35 heavy (non-hydrogen) atoms. The lowest BCUT2D eigenvalue weighted by Gasteiger charge is -2.30. The lowest BCUT2D eigenvalue weighted by Crippen LogP contribution is -2.35. The molecule has 8 heteroatoms. The fourth-order valence-electron chi connectivity index (χ4n) is 3.90. The molecule has 0 spiro atoms. The van der Waals surface area contributed by atoms with Gasteiger partial charge in [0, 0.05) is 11.4 Å². The molecule has 1 amide bonds. The molecule has 1 aliphatic rings. The lowest BCUT2D eigenvalue weighted by atomic mass is 10.0. The van der Waals surface area contributed by atoms with Crippen LogP contribution in [0.1, 0.15) is 5.56 Å². The highest BCUT2D eigenvalue weighted by Crippen LogP contribution is 2.40. The zero-order chi connectivity index (χ0) is 24.6. The molecule has 4 aromatic carbocycles. The number of carbonyl (C=O) groups is 1. The minimum Gasteiger partial charge on any atom is -0.482 e. The highest BCUT2D eigenvalue weighted by Gasteiger charge is 2.27. The van der Waals surface area contributed by atoms with Gasteiger partial charge >= 0.3 is 0 Å². The quantitative estimate of drug-likeness (QED) is 0.393. The van der Waals surface area contributed by atoms with Gasteiger partial charge in [0.25, 0.3) is 15.9 Å². The minimum atomic E-state index is -3.89. The Morgan fingerprint density at radius 2 is 1.60 bits per heavy atom. The van der Waals surface area contributed by atoms with Crippen molar-refractivity contribution in [1.29, 1.82) is 0 Å². The molecule has 0 saturated carbocycles. The topological polar surface area (TPSA) is 75.7 Å². The molecular weight excluding hydrogens is 467 g/mol. The number of halogens is 1. The third-order valence-corrected chi connectivity index (χ3v) is 7.06. The van der Waals surface area contributed by atoms with Gasteiger partial charge in [-0.2, -0.15) is 0 Å². The Bertz CT molecular complexity index is 1520. The van der Waals surface area contributed by atoms with Crippen molar-refractivity contribution < 1.29 is 22.3 Å². The first-order valence-electron chi connectivity index (χ1n) is 10.9. The monoisotopic (exact) mass is 488 g/mol. The Morgan fingerprint density at radius 3 is 2.34 bits per heavy atom. The molecule has 0 atom stereocenters. The fraction of sp³-hybridized carbons (Fsp3) is 0.0741. The van der Waals surface area contributed by atoms with Crippen molar-refractivity contribution >= 4 is 33.0 Å². The molecule has 0 aliphatic carbocycles. The Hall–Kier alpha value is -4.17. The smallest absolute Gasteiger partial charge is 0.269 e. The number of amides is 1. The van der Waals surface area contributed by atoms with Crippen LogP contribution in [0.15, 0.2) is 95.9 Å².